The molecule has 0 spiro atoms. The summed E-state index contributed by atoms with van der Waals surface area (Å²) < 4.78 is 11.1. The maximum Gasteiger partial charge on any atom is 0.347 e. The van der Waals surface area contributed by atoms with E-state index in [1.807, 2.05) is 25.1 Å². The highest BCUT2D eigenvalue weighted by Crippen LogP contribution is 2.39. The van der Waals surface area contributed by atoms with Crippen LogP contribution in [-0.2, 0) is 11.3 Å². The number of nitrogens with one attached hydrogen (secondary N) is 1. The number of carbonyl (C=O) groups is 1. The van der Waals surface area contributed by atoms with Crippen LogP contribution in [0.15, 0.2) is 45.9 Å². The number of fused-ring (bicyclic) bond motifs is 1. The quantitative estimate of drug-likeness (QED) is 0.393. The number of hydrogen-bond acceptors (Lipinski definition) is 9. The number of aliphatic hydroxyl groups excluding tert-OH is 1. The summed E-state index contributed by atoms with van der Waals surface area (Å²) in [5, 5.41) is 23.9. The molecule has 0 saturated carbocycles. The van der Waals surface area contributed by atoms with Gasteiger partial charge >= 0.3 is 5.97 Å². The van der Waals surface area contributed by atoms with Crippen LogP contribution in [0.2, 0.25) is 0 Å². The van der Waals surface area contributed by atoms with Gasteiger partial charge in [-0.3, -0.25) is 4.90 Å². The molecule has 5 rings (SSSR count). The molecule has 2 aliphatic heterocycles. The molecule has 4 heterocycles. The average Bonchev–Trinajstić information content (AvgIpc) is 3.43. The molecule has 2 aliphatic rings. The summed E-state index contributed by atoms with van der Waals surface area (Å²) in [6.07, 6.45) is 6.33. The lowest BCUT2D eigenvalue weighted by atomic mass is 10.1. The molecule has 0 aliphatic carbocycles. The smallest absolute Gasteiger partial charge is 0.347 e. The third-order valence-corrected chi connectivity index (χ3v) is 6.60. The Kier molecular flexibility index (Phi) is 7.07. The molecular weight excluding hydrogens is 472 g/mol. The molecule has 1 saturated heterocycles. The largest absolute Gasteiger partial charge is 0.504 e. The first-order valence-corrected chi connectivity index (χ1v) is 12.4. The Morgan fingerprint density at radius 2 is 2.11 bits per heavy atom. The predicted molar refractivity (Wildman–Crippen MR) is 142 cm³/mol. The number of carbonyl (C=O) groups excluding carboxylic acids is 1. The van der Waals surface area contributed by atoms with E-state index in [9.17, 15) is 15.0 Å². The summed E-state index contributed by atoms with van der Waals surface area (Å²) >= 11 is 0. The molecule has 0 unspecified atom stereocenters. The number of ether oxygens (including phenoxy) is 1. The van der Waals surface area contributed by atoms with Crippen molar-refractivity contribution in [1.82, 2.24) is 9.88 Å². The van der Waals surface area contributed by atoms with Gasteiger partial charge in [0.25, 0.3) is 0 Å². The van der Waals surface area contributed by atoms with E-state index in [2.05, 4.69) is 26.3 Å². The molecule has 37 heavy (non-hydrogen) atoms. The number of aromatic nitrogens is 1. The number of anilines is 2. The number of benzene rings is 1. The van der Waals surface area contributed by atoms with Crippen molar-refractivity contribution in [3.8, 4) is 5.75 Å². The van der Waals surface area contributed by atoms with Crippen molar-refractivity contribution in [3.63, 3.8) is 0 Å². The Bertz CT molecular complexity index is 1370. The van der Waals surface area contributed by atoms with Crippen LogP contribution in [0.4, 0.5) is 17.4 Å². The number of rotatable bonds is 7. The molecule has 0 amide bonds. The van der Waals surface area contributed by atoms with Crippen molar-refractivity contribution in [2.45, 2.75) is 39.3 Å². The number of aliphatic hydroxyl groups is 1. The number of piperidine rings is 1. The van der Waals surface area contributed by atoms with Gasteiger partial charge in [0.15, 0.2) is 22.9 Å². The van der Waals surface area contributed by atoms with Crippen molar-refractivity contribution < 1.29 is 24.2 Å². The minimum absolute atomic E-state index is 0.0644. The van der Waals surface area contributed by atoms with Gasteiger partial charge in [-0.15, -0.1) is 0 Å². The standard InChI is InChI=1S/C28H30N4O5/c1-3-36-28(35)24-25(34)23(14-19-15-30-26-21(19)5-4-10-29-26)37-27(24)31-22-7-6-18(13-17(22)2)16-32-11-8-20(33)9-12-32/h4-7,10,13-15,20,31,33-34H,3,8-9,11-12,16H2,1-2H3. The summed E-state index contributed by atoms with van der Waals surface area (Å²) in [5.41, 5.74) is 4.31. The molecule has 2 aromatic heterocycles. The summed E-state index contributed by atoms with van der Waals surface area (Å²) in [5.74, 6) is -0.184. The molecule has 3 N–H and O–H groups in total. The first-order valence-electron chi connectivity index (χ1n) is 12.4. The molecule has 3 aromatic rings. The SMILES string of the molecule is CCOC(=O)c1c(Nc2ccc(CN3CCC(O)CC3)cc2C)oc(C=C2C=Nc3ncccc32)c1O. The van der Waals surface area contributed by atoms with Gasteiger partial charge in [0, 0.05) is 48.9 Å². The second kappa shape index (κ2) is 10.6. The topological polar surface area (TPSA) is 120 Å². The number of hydrogen-bond donors (Lipinski definition) is 3. The highest BCUT2D eigenvalue weighted by Gasteiger charge is 2.27. The second-order valence-electron chi connectivity index (χ2n) is 9.25. The molecule has 0 atom stereocenters. The van der Waals surface area contributed by atoms with Gasteiger partial charge in [-0.1, -0.05) is 12.1 Å². The summed E-state index contributed by atoms with van der Waals surface area (Å²) in [6.45, 7) is 6.39. The van der Waals surface area contributed by atoms with Gasteiger partial charge in [0.2, 0.25) is 5.88 Å². The van der Waals surface area contributed by atoms with Crippen LogP contribution in [-0.4, -0.2) is 58.1 Å². The molecule has 192 valence electrons. The summed E-state index contributed by atoms with van der Waals surface area (Å²) in [6, 6.07) is 9.73. The first kappa shape index (κ1) is 24.7. The minimum Gasteiger partial charge on any atom is -0.504 e. The normalized spacial score (nSPS) is 16.8. The first-order chi connectivity index (χ1) is 17.9. The van der Waals surface area contributed by atoms with E-state index in [1.54, 1.807) is 31.5 Å². The molecule has 0 bridgehead atoms. The van der Waals surface area contributed by atoms with Gasteiger partial charge in [0.05, 0.1) is 12.7 Å². The third-order valence-electron chi connectivity index (χ3n) is 6.60. The van der Waals surface area contributed by atoms with Gasteiger partial charge in [-0.2, -0.15) is 0 Å². The number of likely N-dealkylation sites (tertiary alicyclic amines) is 1. The number of aliphatic imine (C=N–C) groups is 1. The second-order valence-corrected chi connectivity index (χ2v) is 9.25. The van der Waals surface area contributed by atoms with E-state index < -0.39 is 5.97 Å². The zero-order valence-electron chi connectivity index (χ0n) is 20.9. The Labute approximate surface area is 215 Å². The molecule has 9 heteroatoms. The molecule has 1 aromatic carbocycles. The fraction of sp³-hybridized carbons (Fsp3) is 0.321. The Balaban J connectivity index is 1.42. The third kappa shape index (κ3) is 5.28. The van der Waals surface area contributed by atoms with Crippen molar-refractivity contribution >= 4 is 41.2 Å². The number of furan rings is 1. The van der Waals surface area contributed by atoms with E-state index in [1.165, 1.54) is 0 Å². The van der Waals surface area contributed by atoms with Crippen LogP contribution < -0.4 is 5.32 Å². The zero-order chi connectivity index (χ0) is 25.9. The fourth-order valence-corrected chi connectivity index (χ4v) is 4.62. The van der Waals surface area contributed by atoms with Crippen LogP contribution in [0.5, 0.6) is 5.75 Å². The average molecular weight is 503 g/mol. The Morgan fingerprint density at radius 1 is 1.30 bits per heavy atom. The number of aryl methyl sites for hydroxylation is 1. The maximum atomic E-state index is 12.7. The number of aromatic hydroxyl groups is 1. The Morgan fingerprint density at radius 3 is 2.86 bits per heavy atom. The number of allylic oxidation sites excluding steroid dienone is 1. The fourth-order valence-electron chi connectivity index (χ4n) is 4.62. The van der Waals surface area contributed by atoms with Gasteiger partial charge < -0.3 is 24.7 Å². The van der Waals surface area contributed by atoms with Crippen LogP contribution in [0.1, 0.15) is 52.6 Å². The lowest BCUT2D eigenvalue weighted by molar-refractivity contribution is 0.0524. The predicted octanol–water partition coefficient (Wildman–Crippen LogP) is 4.82. The molecular formula is C28H30N4O5. The van der Waals surface area contributed by atoms with Crippen LogP contribution in [0, 0.1) is 6.92 Å². The molecule has 0 radical (unpaired) electrons. The van der Waals surface area contributed by atoms with Crippen LogP contribution >= 0.6 is 0 Å². The van der Waals surface area contributed by atoms with Crippen molar-refractivity contribution in [1.29, 1.82) is 0 Å². The zero-order valence-corrected chi connectivity index (χ0v) is 20.9. The lowest BCUT2D eigenvalue weighted by Crippen LogP contribution is -2.35. The number of esters is 1. The summed E-state index contributed by atoms with van der Waals surface area (Å²) in [7, 11) is 0. The van der Waals surface area contributed by atoms with E-state index in [-0.39, 0.29) is 35.7 Å². The highest BCUT2D eigenvalue weighted by atomic mass is 16.5. The van der Waals surface area contributed by atoms with E-state index >= 15 is 0 Å². The van der Waals surface area contributed by atoms with Crippen LogP contribution in [0.3, 0.4) is 0 Å². The molecule has 1 fully saturated rings. The van der Waals surface area contributed by atoms with E-state index in [0.29, 0.717) is 11.4 Å². The maximum absolute atomic E-state index is 12.7. The van der Waals surface area contributed by atoms with Gasteiger partial charge in [-0.25, -0.2) is 14.8 Å². The van der Waals surface area contributed by atoms with Crippen molar-refractivity contribution in [3.05, 3.63) is 64.5 Å². The monoisotopic (exact) mass is 502 g/mol. The van der Waals surface area contributed by atoms with E-state index in [4.69, 9.17) is 9.15 Å². The van der Waals surface area contributed by atoms with Gasteiger partial charge in [-0.05, 0) is 62.1 Å². The molecule has 9 nitrogen and oxygen atoms in total. The number of pyridine rings is 1. The van der Waals surface area contributed by atoms with Crippen LogP contribution in [0.25, 0.3) is 11.6 Å². The van der Waals surface area contributed by atoms with E-state index in [0.717, 1.165) is 54.9 Å². The van der Waals surface area contributed by atoms with Crippen molar-refractivity contribution in [2.24, 2.45) is 4.99 Å². The highest BCUT2D eigenvalue weighted by molar-refractivity contribution is 6.21. The minimum atomic E-state index is -0.681. The lowest BCUT2D eigenvalue weighted by Gasteiger charge is -2.29. The van der Waals surface area contributed by atoms with Gasteiger partial charge in [0.1, 0.15) is 0 Å². The number of nitrogens with zero attached hydrogens (tertiary/aromatic N) is 3. The summed E-state index contributed by atoms with van der Waals surface area (Å²) in [4.78, 5) is 23.6. The Hall–Kier alpha value is -3.95. The van der Waals surface area contributed by atoms with Crippen molar-refractivity contribution in [2.75, 3.05) is 25.0 Å².